The van der Waals surface area contributed by atoms with Crippen molar-refractivity contribution < 1.29 is 4.79 Å². The Morgan fingerprint density at radius 2 is 1.95 bits per heavy atom. The fourth-order valence-corrected chi connectivity index (χ4v) is 4.92. The number of allylic oxidation sites excluding steroid dienone is 2. The lowest BCUT2D eigenvalue weighted by molar-refractivity contribution is 0.0997. The minimum Gasteiger partial charge on any atom is -0.293 e. The van der Waals surface area contributed by atoms with Crippen LogP contribution in [0.2, 0.25) is 0 Å². The molecule has 1 heterocycles. The van der Waals surface area contributed by atoms with Gasteiger partial charge >= 0.3 is 0 Å². The molecule has 2 atom stereocenters. The van der Waals surface area contributed by atoms with Crippen LogP contribution in [0.4, 0.5) is 0 Å². The summed E-state index contributed by atoms with van der Waals surface area (Å²) in [7, 11) is 0.0534. The highest BCUT2D eigenvalue weighted by atomic mass is 32.2. The molecule has 19 heavy (non-hydrogen) atoms. The molecule has 2 heteroatoms. The topological polar surface area (TPSA) is 17.1 Å². The predicted molar refractivity (Wildman–Crippen MR) is 85.1 cm³/mol. The average molecular weight is 270 g/mol. The van der Waals surface area contributed by atoms with Gasteiger partial charge in [0.15, 0.2) is 5.78 Å². The van der Waals surface area contributed by atoms with E-state index >= 15 is 0 Å². The molecule has 1 aromatic carbocycles. The van der Waals surface area contributed by atoms with Gasteiger partial charge < -0.3 is 0 Å². The maximum absolute atomic E-state index is 12.7. The highest BCUT2D eigenvalue weighted by molar-refractivity contribution is 8.16. The van der Waals surface area contributed by atoms with Crippen molar-refractivity contribution in [3.63, 3.8) is 0 Å². The smallest absolute Gasteiger partial charge is 0.180 e. The highest BCUT2D eigenvalue weighted by Crippen LogP contribution is 2.39. The maximum atomic E-state index is 12.7. The summed E-state index contributed by atoms with van der Waals surface area (Å²) in [6.07, 6.45) is 5.47. The van der Waals surface area contributed by atoms with Crippen molar-refractivity contribution in [1.82, 2.24) is 0 Å². The summed E-state index contributed by atoms with van der Waals surface area (Å²) < 4.78 is 0. The van der Waals surface area contributed by atoms with Crippen molar-refractivity contribution in [3.8, 4) is 0 Å². The summed E-state index contributed by atoms with van der Waals surface area (Å²) in [6.45, 7) is 4.36. The van der Waals surface area contributed by atoms with Crippen LogP contribution in [0.3, 0.4) is 0 Å². The first-order chi connectivity index (χ1) is 9.24. The summed E-state index contributed by atoms with van der Waals surface area (Å²) in [5.74, 6) is 1.36. The average Bonchev–Trinajstić information content (AvgIpc) is 2.46. The Labute approximate surface area is 117 Å². The third-order valence-corrected chi connectivity index (χ3v) is 6.15. The minimum atomic E-state index is 0.0534. The van der Waals surface area contributed by atoms with Gasteiger partial charge in [-0.05, 0) is 40.3 Å². The van der Waals surface area contributed by atoms with Crippen molar-refractivity contribution >= 4 is 27.7 Å². The molecule has 0 bridgehead atoms. The number of carbonyl (C=O) groups excluding carboxylic acids is 1. The predicted octanol–water partition coefficient (Wildman–Crippen LogP) is 4.08. The molecule has 1 nitrogen and oxygen atoms in total. The third kappa shape index (κ3) is 2.04. The molecule has 1 aliphatic heterocycles. The molecule has 0 saturated heterocycles. The van der Waals surface area contributed by atoms with Crippen LogP contribution in [-0.4, -0.2) is 22.2 Å². The van der Waals surface area contributed by atoms with Crippen LogP contribution < -0.4 is 0 Å². The second kappa shape index (κ2) is 4.93. The number of hydrogen-bond acceptors (Lipinski definition) is 1. The summed E-state index contributed by atoms with van der Waals surface area (Å²) >= 11 is 0. The van der Waals surface area contributed by atoms with Crippen LogP contribution >= 0.6 is 10.5 Å². The van der Waals surface area contributed by atoms with E-state index in [1.165, 1.54) is 11.1 Å². The monoisotopic (exact) mass is 270 g/mol. The normalized spacial score (nSPS) is 24.8. The van der Waals surface area contributed by atoms with Gasteiger partial charge in [0.1, 0.15) is 0 Å². The number of fused-ring (bicyclic) bond motifs is 2. The maximum Gasteiger partial charge on any atom is 0.180 e. The van der Waals surface area contributed by atoms with Gasteiger partial charge in [-0.1, -0.05) is 44.2 Å². The molecule has 98 valence electrons. The zero-order chi connectivity index (χ0) is 13.4. The number of Topliss-reactive ketones (excluding diaryl/α,β-unsaturated/α-hetero) is 1. The lowest BCUT2D eigenvalue weighted by Gasteiger charge is -2.29. The van der Waals surface area contributed by atoms with Gasteiger partial charge in [0, 0.05) is 5.56 Å². The molecule has 0 N–H and O–H groups in total. The molecule has 3 rings (SSSR count). The fourth-order valence-electron chi connectivity index (χ4n) is 2.77. The van der Waals surface area contributed by atoms with Crippen molar-refractivity contribution in [2.75, 3.05) is 5.75 Å². The molecule has 0 fully saturated rings. The van der Waals surface area contributed by atoms with E-state index < -0.39 is 0 Å². The van der Waals surface area contributed by atoms with E-state index in [0.717, 1.165) is 23.3 Å². The number of carbonyl (C=O) groups is 1. The summed E-state index contributed by atoms with van der Waals surface area (Å²) in [5, 5.41) is 2.39. The second-order valence-corrected chi connectivity index (χ2v) is 7.15. The molecular weight excluding hydrogens is 252 g/mol. The Balaban J connectivity index is 2.18. The van der Waals surface area contributed by atoms with Gasteiger partial charge in [-0.15, -0.1) is 0 Å². The summed E-state index contributed by atoms with van der Waals surface area (Å²) in [4.78, 5) is 12.7. The van der Waals surface area contributed by atoms with Crippen LogP contribution in [0.15, 0.2) is 41.5 Å². The van der Waals surface area contributed by atoms with E-state index in [9.17, 15) is 4.79 Å². The van der Waals surface area contributed by atoms with Gasteiger partial charge in [0.25, 0.3) is 0 Å². The van der Waals surface area contributed by atoms with Gasteiger partial charge in [-0.25, -0.2) is 0 Å². The first-order valence-corrected chi connectivity index (χ1v) is 8.35. The minimum absolute atomic E-state index is 0.0534. The van der Waals surface area contributed by atoms with E-state index in [4.69, 9.17) is 0 Å². The summed E-state index contributed by atoms with van der Waals surface area (Å²) in [6, 6.07) is 7.96. The second-order valence-electron chi connectivity index (χ2n) is 4.92. The Kier molecular flexibility index (Phi) is 3.28. The Hall–Kier alpha value is -1.41. The zero-order valence-corrected chi connectivity index (χ0v) is 12.2. The van der Waals surface area contributed by atoms with Crippen LogP contribution in [0.1, 0.15) is 36.2 Å². The van der Waals surface area contributed by atoms with Crippen LogP contribution in [-0.2, 0) is 0 Å². The number of rotatable bonds is 2. The van der Waals surface area contributed by atoms with E-state index in [1.54, 1.807) is 0 Å². The molecule has 1 aliphatic carbocycles. The van der Waals surface area contributed by atoms with Crippen LogP contribution in [0, 0.1) is 0 Å². The van der Waals surface area contributed by atoms with Crippen LogP contribution in [0.25, 0.3) is 6.08 Å². The van der Waals surface area contributed by atoms with E-state index in [-0.39, 0.29) is 15.7 Å². The van der Waals surface area contributed by atoms with Crippen molar-refractivity contribution in [1.29, 1.82) is 0 Å². The van der Waals surface area contributed by atoms with Crippen molar-refractivity contribution in [2.45, 2.75) is 25.5 Å². The van der Waals surface area contributed by atoms with Gasteiger partial charge in [0.05, 0.1) is 5.25 Å². The Morgan fingerprint density at radius 3 is 2.68 bits per heavy atom. The quantitative estimate of drug-likeness (QED) is 0.740. The Bertz CT molecular complexity index is 634. The molecule has 0 amide bonds. The lowest BCUT2D eigenvalue weighted by atomic mass is 9.89. The molecule has 0 saturated carbocycles. The first-order valence-electron chi connectivity index (χ1n) is 6.83. The van der Waals surface area contributed by atoms with Gasteiger partial charge in [0.2, 0.25) is 0 Å². The van der Waals surface area contributed by atoms with E-state index in [2.05, 4.69) is 31.4 Å². The largest absolute Gasteiger partial charge is 0.293 e. The zero-order valence-electron chi connectivity index (χ0n) is 11.3. The molecular formula is C17H18OS. The summed E-state index contributed by atoms with van der Waals surface area (Å²) in [5.41, 5.74) is 4.56. The van der Waals surface area contributed by atoms with E-state index in [1.807, 2.05) is 24.3 Å². The lowest BCUT2D eigenvalue weighted by Crippen LogP contribution is -2.27. The van der Waals surface area contributed by atoms with Crippen LogP contribution in [0.5, 0.6) is 0 Å². The number of benzene rings is 1. The van der Waals surface area contributed by atoms with Gasteiger partial charge in [-0.3, -0.25) is 4.79 Å². The molecule has 0 radical (unpaired) electrons. The molecule has 2 unspecified atom stereocenters. The van der Waals surface area contributed by atoms with Crippen molar-refractivity contribution in [3.05, 3.63) is 52.6 Å². The highest BCUT2D eigenvalue weighted by Gasteiger charge is 2.32. The molecule has 0 spiro atoms. The molecule has 1 aromatic rings. The van der Waals surface area contributed by atoms with Gasteiger partial charge in [-0.2, -0.15) is 10.5 Å². The number of ketones is 1. The first kappa shape index (κ1) is 12.6. The van der Waals surface area contributed by atoms with Crippen molar-refractivity contribution in [2.24, 2.45) is 0 Å². The molecule has 2 aliphatic rings. The Morgan fingerprint density at radius 1 is 1.16 bits per heavy atom. The number of hydrogen-bond donors (Lipinski definition) is 0. The standard InChI is InChI=1S/C17H18OS/c1-3-12-9-14-10-13-7-5-6-8-15(13)16(18)17(14)19(4-2)11-12/h5-11,17H,3-4H2,1-2H3. The third-order valence-electron chi connectivity index (χ3n) is 3.79. The SMILES string of the molecule is CCC1=CC2=Cc3ccccc3C(=O)C2S(CC)=C1. The molecule has 0 aromatic heterocycles. The van der Waals surface area contributed by atoms with E-state index in [0.29, 0.717) is 5.78 Å². The fraction of sp³-hybridized carbons (Fsp3) is 0.294.